The number of likely N-dealkylation sites (tertiary alicyclic amines) is 1. The summed E-state index contributed by atoms with van der Waals surface area (Å²) in [7, 11) is 0. The van der Waals surface area contributed by atoms with Crippen molar-refractivity contribution in [2.75, 3.05) is 23.8 Å². The van der Waals surface area contributed by atoms with Crippen molar-refractivity contribution in [3.8, 4) is 5.75 Å². The number of aliphatic hydroxyl groups excluding tert-OH is 1. The predicted octanol–water partition coefficient (Wildman–Crippen LogP) is 4.65. The van der Waals surface area contributed by atoms with Crippen LogP contribution in [-0.2, 0) is 19.1 Å². The molecule has 0 aliphatic carbocycles. The molecule has 9 nitrogen and oxygen atoms in total. The number of anilines is 2. The zero-order chi connectivity index (χ0) is 30.6. The molecule has 226 valence electrons. The number of benzene rings is 2. The number of nitrogens with one attached hydrogen (secondary N) is 2. The summed E-state index contributed by atoms with van der Waals surface area (Å²) < 4.78 is 12.3. The Morgan fingerprint density at radius 2 is 1.86 bits per heavy atom. The third kappa shape index (κ3) is 4.66. The first-order valence-corrected chi connectivity index (χ1v) is 15.0. The molecule has 3 saturated heterocycles. The Morgan fingerprint density at radius 3 is 2.45 bits per heavy atom. The largest absolute Gasteiger partial charge is 0.494 e. The van der Waals surface area contributed by atoms with Crippen molar-refractivity contribution in [1.82, 2.24) is 4.90 Å². The van der Waals surface area contributed by atoms with E-state index in [1.54, 1.807) is 36.4 Å². The van der Waals surface area contributed by atoms with Crippen LogP contribution in [0.2, 0.25) is 5.02 Å². The van der Waals surface area contributed by atoms with Gasteiger partial charge in [0.15, 0.2) is 0 Å². The van der Waals surface area contributed by atoms with Crippen molar-refractivity contribution in [3.63, 3.8) is 0 Å². The van der Waals surface area contributed by atoms with Crippen LogP contribution in [0.25, 0.3) is 0 Å². The van der Waals surface area contributed by atoms with Crippen LogP contribution in [0.4, 0.5) is 11.4 Å². The number of para-hydroxylation sites is 1. The number of aliphatic hydroxyl groups is 1. The monoisotopic (exact) mass is 597 g/mol. The predicted molar refractivity (Wildman–Crippen MR) is 160 cm³/mol. The fourth-order valence-corrected chi connectivity index (χ4v) is 7.63. The lowest BCUT2D eigenvalue weighted by Gasteiger charge is -2.38. The van der Waals surface area contributed by atoms with E-state index in [0.717, 1.165) is 5.56 Å². The summed E-state index contributed by atoms with van der Waals surface area (Å²) >= 11 is 6.46. The van der Waals surface area contributed by atoms with Crippen LogP contribution in [0.3, 0.4) is 0 Å². The van der Waals surface area contributed by atoms with Gasteiger partial charge in [-0.05, 0) is 74.9 Å². The maximum atomic E-state index is 14.4. The van der Waals surface area contributed by atoms with E-state index in [-0.39, 0.29) is 30.3 Å². The highest BCUT2D eigenvalue weighted by Crippen LogP contribution is 2.65. The van der Waals surface area contributed by atoms with E-state index in [4.69, 9.17) is 21.1 Å². The first-order chi connectivity index (χ1) is 19.9. The molecule has 2 bridgehead atoms. The molecule has 3 aliphatic rings. The van der Waals surface area contributed by atoms with Gasteiger partial charge in [0.1, 0.15) is 17.4 Å². The topological polar surface area (TPSA) is 117 Å². The summed E-state index contributed by atoms with van der Waals surface area (Å²) in [4.78, 5) is 44.2. The van der Waals surface area contributed by atoms with E-state index < -0.39 is 41.0 Å². The molecule has 2 aromatic carbocycles. The highest BCUT2D eigenvalue weighted by molar-refractivity contribution is 6.34. The highest BCUT2D eigenvalue weighted by atomic mass is 35.5. The van der Waals surface area contributed by atoms with Crippen LogP contribution in [-0.4, -0.2) is 64.2 Å². The first kappa shape index (κ1) is 30.3. The van der Waals surface area contributed by atoms with Gasteiger partial charge in [-0.1, -0.05) is 44.5 Å². The van der Waals surface area contributed by atoms with Gasteiger partial charge in [-0.3, -0.25) is 14.4 Å². The lowest BCUT2D eigenvalue weighted by atomic mass is 9.62. The average molecular weight is 598 g/mol. The van der Waals surface area contributed by atoms with Crippen molar-refractivity contribution >= 4 is 40.7 Å². The second kappa shape index (κ2) is 11.2. The van der Waals surface area contributed by atoms with Crippen molar-refractivity contribution in [2.45, 2.75) is 71.2 Å². The number of hydrogen-bond donors (Lipinski definition) is 3. The number of ether oxygens (including phenoxy) is 2. The SMILES string of the molecule is CCOc1ccc(NC(=O)[C@@H]2[C@H]3C(=O)N([C@@H](CO)C(C)C)C(C(=O)Nc4c(C)cccc4Cl)C34CC(C)[C@@]2(C)O4)cc1. The zero-order valence-electron chi connectivity index (χ0n) is 24.9. The molecule has 3 fully saturated rings. The molecular formula is C32H40ClN3O6. The van der Waals surface area contributed by atoms with Gasteiger partial charge in [0.2, 0.25) is 17.7 Å². The van der Waals surface area contributed by atoms with Gasteiger partial charge >= 0.3 is 0 Å². The summed E-state index contributed by atoms with van der Waals surface area (Å²) in [6.07, 6.45) is 0.416. The van der Waals surface area contributed by atoms with Crippen LogP contribution in [0.5, 0.6) is 5.75 Å². The number of carbonyl (C=O) groups is 3. The Morgan fingerprint density at radius 1 is 1.17 bits per heavy atom. The van der Waals surface area contributed by atoms with Gasteiger partial charge in [0.05, 0.1) is 47.4 Å². The summed E-state index contributed by atoms with van der Waals surface area (Å²) in [5.41, 5.74) is -0.440. The Bertz CT molecular complexity index is 1360. The molecule has 3 unspecified atom stereocenters. The summed E-state index contributed by atoms with van der Waals surface area (Å²) in [5, 5.41) is 16.8. The van der Waals surface area contributed by atoms with E-state index in [1.807, 2.05) is 47.6 Å². The molecule has 3 heterocycles. The number of hydrogen-bond acceptors (Lipinski definition) is 6. The van der Waals surface area contributed by atoms with Gasteiger partial charge in [-0.25, -0.2) is 0 Å². The van der Waals surface area contributed by atoms with E-state index >= 15 is 0 Å². The molecular weight excluding hydrogens is 558 g/mol. The van der Waals surface area contributed by atoms with E-state index in [1.165, 1.54) is 4.90 Å². The van der Waals surface area contributed by atoms with Crippen molar-refractivity contribution in [1.29, 1.82) is 0 Å². The van der Waals surface area contributed by atoms with Crippen LogP contribution in [0, 0.1) is 30.6 Å². The molecule has 3 amide bonds. The van der Waals surface area contributed by atoms with Crippen LogP contribution < -0.4 is 15.4 Å². The lowest BCUT2D eigenvalue weighted by Crippen LogP contribution is -2.57. The Balaban J connectivity index is 1.55. The third-order valence-corrected chi connectivity index (χ3v) is 9.82. The maximum absolute atomic E-state index is 14.4. The normalized spacial score (nSPS) is 30.4. The zero-order valence-corrected chi connectivity index (χ0v) is 25.7. The van der Waals surface area contributed by atoms with E-state index in [2.05, 4.69) is 10.6 Å². The number of aryl methyl sites for hydroxylation is 1. The Labute approximate surface area is 251 Å². The molecule has 1 spiro atoms. The molecule has 42 heavy (non-hydrogen) atoms. The minimum Gasteiger partial charge on any atom is -0.494 e. The lowest BCUT2D eigenvalue weighted by molar-refractivity contribution is -0.149. The minimum absolute atomic E-state index is 0.124. The van der Waals surface area contributed by atoms with E-state index in [9.17, 15) is 19.5 Å². The number of nitrogens with zero attached hydrogens (tertiary/aromatic N) is 1. The van der Waals surface area contributed by atoms with Gasteiger partial charge in [0.25, 0.3) is 0 Å². The number of carbonyl (C=O) groups excluding carboxylic acids is 3. The highest BCUT2D eigenvalue weighted by Gasteiger charge is 2.80. The molecule has 2 aromatic rings. The molecule has 0 saturated carbocycles. The first-order valence-electron chi connectivity index (χ1n) is 14.6. The smallest absolute Gasteiger partial charge is 0.250 e. The molecule has 3 N–H and O–H groups in total. The van der Waals surface area contributed by atoms with E-state index in [0.29, 0.717) is 35.2 Å². The average Bonchev–Trinajstić information content (AvgIpc) is 3.44. The summed E-state index contributed by atoms with van der Waals surface area (Å²) in [6, 6.07) is 10.7. The summed E-state index contributed by atoms with van der Waals surface area (Å²) in [5.74, 6) is -2.51. The molecule has 10 heteroatoms. The van der Waals surface area contributed by atoms with Crippen LogP contribution >= 0.6 is 11.6 Å². The minimum atomic E-state index is -1.26. The number of amides is 3. The van der Waals surface area contributed by atoms with Crippen LogP contribution in [0.15, 0.2) is 42.5 Å². The number of halogens is 1. The second-order valence-electron chi connectivity index (χ2n) is 12.3. The molecule has 0 radical (unpaired) electrons. The Kier molecular flexibility index (Phi) is 8.06. The fourth-order valence-electron chi connectivity index (χ4n) is 7.36. The molecule has 3 aliphatic heterocycles. The second-order valence-corrected chi connectivity index (χ2v) is 12.7. The quantitative estimate of drug-likeness (QED) is 0.387. The van der Waals surface area contributed by atoms with Crippen molar-refractivity contribution in [3.05, 3.63) is 53.1 Å². The fraction of sp³-hybridized carbons (Fsp3) is 0.531. The van der Waals surface area contributed by atoms with Crippen molar-refractivity contribution < 1.29 is 29.0 Å². The Hall–Kier alpha value is -3.14. The molecule has 5 rings (SSSR count). The van der Waals surface area contributed by atoms with Gasteiger partial charge < -0.3 is 30.1 Å². The third-order valence-electron chi connectivity index (χ3n) is 9.50. The van der Waals surface area contributed by atoms with Crippen molar-refractivity contribution in [2.24, 2.45) is 23.7 Å². The number of rotatable bonds is 9. The standard InChI is InChI=1S/C32H40ClN3O6/c1-7-41-21-13-11-20(12-14-21)34-28(38)24-25-30(40)36(23(16-37)17(2)3)27(32(25)15-19(5)31(24,6)42-32)29(39)35-26-18(4)9-8-10-22(26)33/h8-14,17,19,23-25,27,37H,7,15-16H2,1-6H3,(H,34,38)(H,35,39)/t19?,23-,24-,25-,27?,31+,32?/m0/s1. The van der Waals surface area contributed by atoms with Gasteiger partial charge in [-0.2, -0.15) is 0 Å². The molecule has 0 aromatic heterocycles. The van der Waals surface area contributed by atoms with Crippen LogP contribution in [0.1, 0.15) is 46.6 Å². The van der Waals surface area contributed by atoms with Gasteiger partial charge in [-0.15, -0.1) is 0 Å². The molecule has 7 atom stereocenters. The maximum Gasteiger partial charge on any atom is 0.250 e. The van der Waals surface area contributed by atoms with Gasteiger partial charge in [0, 0.05) is 5.69 Å². The summed E-state index contributed by atoms with van der Waals surface area (Å²) in [6.45, 7) is 11.6. The number of fused-ring (bicyclic) bond motifs is 1.